The quantitative estimate of drug-likeness (QED) is 0.620. The number of guanidine groups is 1. The lowest BCUT2D eigenvalue weighted by Gasteiger charge is -2.17. The molecule has 0 spiro atoms. The first kappa shape index (κ1) is 16.6. The number of hydrogen-bond donors (Lipinski definition) is 2. The van der Waals surface area contributed by atoms with E-state index in [2.05, 4.69) is 26.6 Å². The Morgan fingerprint density at radius 1 is 1.30 bits per heavy atom. The Morgan fingerprint density at radius 2 is 2.17 bits per heavy atom. The largest absolute Gasteiger partial charge is 0.356 e. The van der Waals surface area contributed by atoms with E-state index in [-0.39, 0.29) is 0 Å². The maximum atomic E-state index is 6.01. The second kappa shape index (κ2) is 8.02. The highest BCUT2D eigenvalue weighted by molar-refractivity contribution is 6.30. The minimum atomic E-state index is 0.752. The van der Waals surface area contributed by atoms with Gasteiger partial charge in [-0.2, -0.15) is 0 Å². The SMILES string of the molecule is CN=C(NCCc1cccc(Cl)c1)NCC1CCN(C2CC2)C1. The van der Waals surface area contributed by atoms with Crippen LogP contribution in [0.1, 0.15) is 24.8 Å². The monoisotopic (exact) mass is 334 g/mol. The predicted molar refractivity (Wildman–Crippen MR) is 97.2 cm³/mol. The molecule has 2 aliphatic rings. The molecule has 1 aliphatic heterocycles. The van der Waals surface area contributed by atoms with Gasteiger partial charge in [-0.05, 0) is 55.8 Å². The molecule has 1 atom stereocenters. The van der Waals surface area contributed by atoms with E-state index >= 15 is 0 Å². The third kappa shape index (κ3) is 5.11. The molecule has 3 rings (SSSR count). The highest BCUT2D eigenvalue weighted by Crippen LogP contribution is 2.31. The van der Waals surface area contributed by atoms with Gasteiger partial charge < -0.3 is 15.5 Å². The number of aliphatic imine (C=N–C) groups is 1. The van der Waals surface area contributed by atoms with E-state index in [1.165, 1.54) is 37.9 Å². The van der Waals surface area contributed by atoms with E-state index in [1.54, 1.807) is 0 Å². The summed E-state index contributed by atoms with van der Waals surface area (Å²) in [7, 11) is 1.83. The molecule has 1 saturated carbocycles. The van der Waals surface area contributed by atoms with Gasteiger partial charge >= 0.3 is 0 Å². The van der Waals surface area contributed by atoms with Crippen molar-refractivity contribution in [3.8, 4) is 0 Å². The molecule has 1 saturated heterocycles. The van der Waals surface area contributed by atoms with Crippen LogP contribution in [0.4, 0.5) is 0 Å². The van der Waals surface area contributed by atoms with Crippen molar-refractivity contribution >= 4 is 17.6 Å². The molecular weight excluding hydrogens is 308 g/mol. The zero-order chi connectivity index (χ0) is 16.1. The molecule has 4 nitrogen and oxygen atoms in total. The maximum Gasteiger partial charge on any atom is 0.190 e. The van der Waals surface area contributed by atoms with E-state index in [9.17, 15) is 0 Å². The Hall–Kier alpha value is -1.26. The maximum absolute atomic E-state index is 6.01. The van der Waals surface area contributed by atoms with Crippen LogP contribution in [-0.4, -0.2) is 50.1 Å². The number of halogens is 1. The summed E-state index contributed by atoms with van der Waals surface area (Å²) in [5, 5.41) is 7.66. The Balaban J connectivity index is 1.35. The lowest BCUT2D eigenvalue weighted by Crippen LogP contribution is -2.41. The molecule has 126 valence electrons. The molecule has 5 heteroatoms. The summed E-state index contributed by atoms with van der Waals surface area (Å²) in [4.78, 5) is 6.97. The highest BCUT2D eigenvalue weighted by Gasteiger charge is 2.34. The van der Waals surface area contributed by atoms with Gasteiger partial charge in [-0.3, -0.25) is 4.99 Å². The average molecular weight is 335 g/mol. The van der Waals surface area contributed by atoms with Crippen LogP contribution >= 0.6 is 11.6 Å². The topological polar surface area (TPSA) is 39.7 Å². The molecule has 2 N–H and O–H groups in total. The molecule has 0 radical (unpaired) electrons. The summed E-state index contributed by atoms with van der Waals surface area (Å²) in [6.45, 7) is 4.40. The van der Waals surface area contributed by atoms with Gasteiger partial charge in [-0.15, -0.1) is 0 Å². The molecule has 2 fully saturated rings. The third-order valence-electron chi connectivity index (χ3n) is 4.76. The van der Waals surface area contributed by atoms with Crippen LogP contribution in [0, 0.1) is 5.92 Å². The van der Waals surface area contributed by atoms with E-state index in [0.29, 0.717) is 0 Å². The van der Waals surface area contributed by atoms with Crippen LogP contribution < -0.4 is 10.6 Å². The van der Waals surface area contributed by atoms with Crippen molar-refractivity contribution in [1.29, 1.82) is 0 Å². The van der Waals surface area contributed by atoms with Gasteiger partial charge in [0.25, 0.3) is 0 Å². The van der Waals surface area contributed by atoms with Crippen molar-refractivity contribution in [2.24, 2.45) is 10.9 Å². The first-order valence-electron chi connectivity index (χ1n) is 8.67. The van der Waals surface area contributed by atoms with Crippen LogP contribution in [0.25, 0.3) is 0 Å². The summed E-state index contributed by atoms with van der Waals surface area (Å²) in [5.41, 5.74) is 1.25. The second-order valence-corrected chi connectivity index (χ2v) is 7.08. The normalized spacial score (nSPS) is 22.3. The van der Waals surface area contributed by atoms with E-state index in [4.69, 9.17) is 11.6 Å². The Morgan fingerprint density at radius 3 is 2.91 bits per heavy atom. The lowest BCUT2D eigenvalue weighted by atomic mass is 10.1. The number of likely N-dealkylation sites (tertiary alicyclic amines) is 1. The van der Waals surface area contributed by atoms with E-state index in [1.807, 2.05) is 25.2 Å². The smallest absolute Gasteiger partial charge is 0.190 e. The van der Waals surface area contributed by atoms with Crippen molar-refractivity contribution in [3.63, 3.8) is 0 Å². The third-order valence-corrected chi connectivity index (χ3v) is 4.99. The fourth-order valence-electron chi connectivity index (χ4n) is 3.28. The van der Waals surface area contributed by atoms with E-state index in [0.717, 1.165) is 42.5 Å². The second-order valence-electron chi connectivity index (χ2n) is 6.64. The lowest BCUT2D eigenvalue weighted by molar-refractivity contribution is 0.314. The molecular formula is C18H27ClN4. The van der Waals surface area contributed by atoms with Gasteiger partial charge in [0, 0.05) is 37.7 Å². The predicted octanol–water partition coefficient (Wildman–Crippen LogP) is 2.53. The number of nitrogens with one attached hydrogen (secondary N) is 2. The minimum absolute atomic E-state index is 0.752. The van der Waals surface area contributed by atoms with Crippen molar-refractivity contribution in [1.82, 2.24) is 15.5 Å². The van der Waals surface area contributed by atoms with Gasteiger partial charge in [0.1, 0.15) is 0 Å². The van der Waals surface area contributed by atoms with Crippen LogP contribution in [0.5, 0.6) is 0 Å². The van der Waals surface area contributed by atoms with Crippen molar-refractivity contribution in [2.75, 3.05) is 33.2 Å². The summed E-state index contributed by atoms with van der Waals surface area (Å²) in [6.07, 6.45) is 5.07. The molecule has 1 aromatic rings. The van der Waals surface area contributed by atoms with Crippen molar-refractivity contribution in [2.45, 2.75) is 31.7 Å². The molecule has 23 heavy (non-hydrogen) atoms. The zero-order valence-electron chi connectivity index (χ0n) is 13.9. The number of nitrogens with zero attached hydrogens (tertiary/aromatic N) is 2. The summed E-state index contributed by atoms with van der Waals surface area (Å²) >= 11 is 6.01. The van der Waals surface area contributed by atoms with Gasteiger partial charge in [0.05, 0.1) is 0 Å². The Bertz CT molecular complexity index is 542. The number of hydrogen-bond acceptors (Lipinski definition) is 2. The van der Waals surface area contributed by atoms with Crippen LogP contribution in [0.2, 0.25) is 5.02 Å². The van der Waals surface area contributed by atoms with Crippen LogP contribution in [-0.2, 0) is 6.42 Å². The van der Waals surface area contributed by atoms with Crippen molar-refractivity contribution in [3.05, 3.63) is 34.9 Å². The fraction of sp³-hybridized carbons (Fsp3) is 0.611. The van der Waals surface area contributed by atoms with Crippen molar-refractivity contribution < 1.29 is 0 Å². The van der Waals surface area contributed by atoms with Gasteiger partial charge in [-0.25, -0.2) is 0 Å². The highest BCUT2D eigenvalue weighted by atomic mass is 35.5. The number of benzene rings is 1. The molecule has 1 aliphatic carbocycles. The Labute approximate surface area is 144 Å². The molecule has 1 unspecified atom stereocenters. The minimum Gasteiger partial charge on any atom is -0.356 e. The Kier molecular flexibility index (Phi) is 5.79. The summed E-state index contributed by atoms with van der Waals surface area (Å²) < 4.78 is 0. The van der Waals surface area contributed by atoms with Gasteiger partial charge in [-0.1, -0.05) is 23.7 Å². The molecule has 0 bridgehead atoms. The fourth-order valence-corrected chi connectivity index (χ4v) is 3.49. The first-order chi connectivity index (χ1) is 11.2. The van der Waals surface area contributed by atoms with Crippen LogP contribution in [0.15, 0.2) is 29.3 Å². The van der Waals surface area contributed by atoms with Crippen LogP contribution in [0.3, 0.4) is 0 Å². The summed E-state index contributed by atoms with van der Waals surface area (Å²) in [6, 6.07) is 8.93. The van der Waals surface area contributed by atoms with Gasteiger partial charge in [0.15, 0.2) is 5.96 Å². The number of rotatable bonds is 6. The molecule has 1 aromatic carbocycles. The molecule has 1 heterocycles. The summed E-state index contributed by atoms with van der Waals surface area (Å²) in [5.74, 6) is 1.65. The van der Waals surface area contributed by atoms with Gasteiger partial charge in [0.2, 0.25) is 0 Å². The molecule has 0 amide bonds. The molecule has 0 aromatic heterocycles. The first-order valence-corrected chi connectivity index (χ1v) is 9.05. The van der Waals surface area contributed by atoms with E-state index < -0.39 is 0 Å². The average Bonchev–Trinajstić information content (AvgIpc) is 3.30. The standard InChI is InChI=1S/C18H27ClN4/c1-20-18(21-9-7-14-3-2-4-16(19)11-14)22-12-15-8-10-23(13-15)17-5-6-17/h2-4,11,15,17H,5-10,12-13H2,1H3,(H2,20,21,22). The zero-order valence-corrected chi connectivity index (χ0v) is 14.6.